The number of aliphatic imine (C=N–C) groups is 1. The molecule has 6 heteroatoms. The molecule has 130 valence electrons. The summed E-state index contributed by atoms with van der Waals surface area (Å²) in [4.78, 5) is 6.80. The van der Waals surface area contributed by atoms with Crippen molar-refractivity contribution in [3.8, 4) is 5.75 Å². The van der Waals surface area contributed by atoms with Crippen LogP contribution < -0.4 is 10.1 Å². The molecule has 4 nitrogen and oxygen atoms in total. The Kier molecular flexibility index (Phi) is 8.53. The van der Waals surface area contributed by atoms with Crippen LogP contribution in [0.2, 0.25) is 0 Å². The number of hydrogen-bond acceptors (Lipinski definition) is 3. The van der Waals surface area contributed by atoms with E-state index in [9.17, 15) is 0 Å². The maximum Gasteiger partial charge on any atom is 0.193 e. The molecule has 1 fully saturated rings. The number of nitrogens with one attached hydrogen (secondary N) is 1. The molecule has 0 atom stereocenters. The van der Waals surface area contributed by atoms with Gasteiger partial charge in [-0.1, -0.05) is 12.1 Å². The Balaban J connectivity index is 0.00000264. The molecule has 1 saturated heterocycles. The highest BCUT2D eigenvalue weighted by Gasteiger charge is 2.28. The van der Waals surface area contributed by atoms with Crippen molar-refractivity contribution in [3.05, 3.63) is 29.8 Å². The number of benzene rings is 1. The van der Waals surface area contributed by atoms with Gasteiger partial charge in [-0.2, -0.15) is 11.8 Å². The Morgan fingerprint density at radius 3 is 2.87 bits per heavy atom. The Labute approximate surface area is 161 Å². The zero-order valence-corrected chi connectivity index (χ0v) is 17.6. The van der Waals surface area contributed by atoms with Gasteiger partial charge in [0.2, 0.25) is 0 Å². The maximum absolute atomic E-state index is 5.27. The highest BCUT2D eigenvalue weighted by Crippen LogP contribution is 2.29. The van der Waals surface area contributed by atoms with E-state index in [0.29, 0.717) is 4.75 Å². The molecule has 1 aliphatic rings. The number of rotatable bonds is 4. The molecule has 0 spiro atoms. The number of methoxy groups -OCH3 is 1. The van der Waals surface area contributed by atoms with Gasteiger partial charge in [0.25, 0.3) is 0 Å². The number of guanidine groups is 1. The zero-order valence-electron chi connectivity index (χ0n) is 14.5. The third kappa shape index (κ3) is 6.41. The third-order valence-corrected chi connectivity index (χ3v) is 5.07. The Bertz CT molecular complexity index is 522. The minimum absolute atomic E-state index is 0. The second-order valence-corrected chi connectivity index (χ2v) is 7.91. The van der Waals surface area contributed by atoms with E-state index < -0.39 is 0 Å². The molecule has 0 aromatic heterocycles. The van der Waals surface area contributed by atoms with Crippen LogP contribution in [0.15, 0.2) is 29.3 Å². The molecule has 0 bridgehead atoms. The first-order valence-electron chi connectivity index (χ1n) is 7.76. The summed E-state index contributed by atoms with van der Waals surface area (Å²) in [5.41, 5.74) is 1.27. The highest BCUT2D eigenvalue weighted by atomic mass is 127. The van der Waals surface area contributed by atoms with E-state index in [0.717, 1.165) is 43.5 Å². The molecule has 1 aliphatic heterocycles. The van der Waals surface area contributed by atoms with Crippen LogP contribution >= 0.6 is 35.7 Å². The standard InChI is InChI=1S/C17H27N3OS.HI/c1-17(2)13-20(10-11-22-17)16(18-3)19-9-8-14-6-5-7-15(12-14)21-4;/h5-7,12H,8-11,13H2,1-4H3,(H,18,19);1H. The summed E-state index contributed by atoms with van der Waals surface area (Å²) >= 11 is 2.04. The lowest BCUT2D eigenvalue weighted by atomic mass is 10.1. The second-order valence-electron chi connectivity index (χ2n) is 6.11. The van der Waals surface area contributed by atoms with Crippen LogP contribution in [0.4, 0.5) is 0 Å². The van der Waals surface area contributed by atoms with Crippen LogP contribution in [0.5, 0.6) is 5.75 Å². The molecule has 0 radical (unpaired) electrons. The van der Waals surface area contributed by atoms with E-state index in [1.165, 1.54) is 5.56 Å². The van der Waals surface area contributed by atoms with Crippen molar-refractivity contribution in [2.45, 2.75) is 25.0 Å². The van der Waals surface area contributed by atoms with Gasteiger partial charge in [-0.15, -0.1) is 24.0 Å². The van der Waals surface area contributed by atoms with Gasteiger partial charge in [0.1, 0.15) is 5.75 Å². The summed E-state index contributed by atoms with van der Waals surface area (Å²) in [6.07, 6.45) is 0.961. The predicted octanol–water partition coefficient (Wildman–Crippen LogP) is 3.26. The van der Waals surface area contributed by atoms with Crippen molar-refractivity contribution in [2.75, 3.05) is 39.5 Å². The van der Waals surface area contributed by atoms with Crippen molar-refractivity contribution in [1.82, 2.24) is 10.2 Å². The van der Waals surface area contributed by atoms with Crippen LogP contribution in [-0.2, 0) is 6.42 Å². The normalized spacial score (nSPS) is 17.4. The number of halogens is 1. The van der Waals surface area contributed by atoms with E-state index in [2.05, 4.69) is 41.2 Å². The molecule has 2 rings (SSSR count). The smallest absolute Gasteiger partial charge is 0.193 e. The first-order chi connectivity index (χ1) is 10.5. The van der Waals surface area contributed by atoms with Crippen LogP contribution in [0.25, 0.3) is 0 Å². The van der Waals surface area contributed by atoms with Gasteiger partial charge >= 0.3 is 0 Å². The van der Waals surface area contributed by atoms with Crippen molar-refractivity contribution < 1.29 is 4.74 Å². The molecule has 1 heterocycles. The van der Waals surface area contributed by atoms with Crippen LogP contribution in [0.1, 0.15) is 19.4 Å². The fraction of sp³-hybridized carbons (Fsp3) is 0.588. The van der Waals surface area contributed by atoms with Crippen molar-refractivity contribution in [1.29, 1.82) is 0 Å². The summed E-state index contributed by atoms with van der Waals surface area (Å²) in [5, 5.41) is 3.49. The van der Waals surface area contributed by atoms with E-state index >= 15 is 0 Å². The average Bonchev–Trinajstić information content (AvgIpc) is 2.51. The van der Waals surface area contributed by atoms with E-state index in [1.807, 2.05) is 30.9 Å². The predicted molar refractivity (Wildman–Crippen MR) is 112 cm³/mol. The van der Waals surface area contributed by atoms with E-state index in [-0.39, 0.29) is 24.0 Å². The lowest BCUT2D eigenvalue weighted by Gasteiger charge is -2.39. The van der Waals surface area contributed by atoms with Gasteiger partial charge in [-0.3, -0.25) is 4.99 Å². The number of thioether (sulfide) groups is 1. The minimum Gasteiger partial charge on any atom is -0.497 e. The fourth-order valence-electron chi connectivity index (χ4n) is 2.68. The number of ether oxygens (including phenoxy) is 1. The topological polar surface area (TPSA) is 36.9 Å². The van der Waals surface area contributed by atoms with Crippen molar-refractivity contribution in [3.63, 3.8) is 0 Å². The van der Waals surface area contributed by atoms with E-state index in [1.54, 1.807) is 7.11 Å². The largest absolute Gasteiger partial charge is 0.497 e. The maximum atomic E-state index is 5.27. The molecular formula is C17H28IN3OS. The third-order valence-electron chi connectivity index (χ3n) is 3.77. The molecular weight excluding hydrogens is 421 g/mol. The first kappa shape index (κ1) is 20.4. The van der Waals surface area contributed by atoms with E-state index in [4.69, 9.17) is 4.74 Å². The quantitative estimate of drug-likeness (QED) is 0.435. The molecule has 1 N–H and O–H groups in total. The molecule has 0 saturated carbocycles. The second kappa shape index (κ2) is 9.61. The summed E-state index contributed by atoms with van der Waals surface area (Å²) in [6, 6.07) is 8.23. The lowest BCUT2D eigenvalue weighted by Crippen LogP contribution is -2.51. The Hall–Kier alpha value is -0.630. The lowest BCUT2D eigenvalue weighted by molar-refractivity contribution is 0.376. The molecule has 1 aromatic carbocycles. The number of nitrogens with zero attached hydrogens (tertiary/aromatic N) is 2. The molecule has 1 aromatic rings. The zero-order chi connectivity index (χ0) is 16.0. The number of hydrogen-bond donors (Lipinski definition) is 1. The monoisotopic (exact) mass is 449 g/mol. The molecule has 0 amide bonds. The van der Waals surface area contributed by atoms with Gasteiger partial charge in [0, 0.05) is 37.2 Å². The van der Waals surface area contributed by atoms with Crippen LogP contribution in [0.3, 0.4) is 0 Å². The summed E-state index contributed by atoms with van der Waals surface area (Å²) < 4.78 is 5.56. The Morgan fingerprint density at radius 2 is 2.22 bits per heavy atom. The van der Waals surface area contributed by atoms with Gasteiger partial charge in [0.05, 0.1) is 7.11 Å². The van der Waals surface area contributed by atoms with Crippen molar-refractivity contribution in [2.24, 2.45) is 4.99 Å². The fourth-order valence-corrected chi connectivity index (χ4v) is 3.79. The average molecular weight is 449 g/mol. The van der Waals surface area contributed by atoms with Gasteiger partial charge in [-0.05, 0) is 38.0 Å². The first-order valence-corrected chi connectivity index (χ1v) is 8.75. The summed E-state index contributed by atoms with van der Waals surface area (Å²) in [5.74, 6) is 3.08. The van der Waals surface area contributed by atoms with Gasteiger partial charge in [0.15, 0.2) is 5.96 Å². The molecule has 0 aliphatic carbocycles. The highest BCUT2D eigenvalue weighted by molar-refractivity contribution is 14.0. The minimum atomic E-state index is 0. The molecule has 23 heavy (non-hydrogen) atoms. The Morgan fingerprint density at radius 1 is 1.43 bits per heavy atom. The summed E-state index contributed by atoms with van der Waals surface area (Å²) in [7, 11) is 3.57. The van der Waals surface area contributed by atoms with Gasteiger partial charge in [-0.25, -0.2) is 0 Å². The SMILES string of the molecule is CN=C(NCCc1cccc(OC)c1)N1CCSC(C)(C)C1.I. The summed E-state index contributed by atoms with van der Waals surface area (Å²) in [6.45, 7) is 7.58. The van der Waals surface area contributed by atoms with Crippen LogP contribution in [0, 0.1) is 0 Å². The molecule has 0 unspecified atom stereocenters. The van der Waals surface area contributed by atoms with Gasteiger partial charge < -0.3 is 15.0 Å². The van der Waals surface area contributed by atoms with Crippen molar-refractivity contribution >= 4 is 41.7 Å². The van der Waals surface area contributed by atoms with Crippen LogP contribution in [-0.4, -0.2) is 55.2 Å².